The summed E-state index contributed by atoms with van der Waals surface area (Å²) in [6.45, 7) is 0. The Morgan fingerprint density at radius 3 is 1.91 bits per heavy atom. The average molecular weight is 708 g/mol. The zero-order valence-corrected chi connectivity index (χ0v) is 29.7. The molecule has 11 rings (SSSR count). The van der Waals surface area contributed by atoms with Crippen LogP contribution in [0.15, 0.2) is 180 Å². The molecule has 0 saturated carbocycles. The van der Waals surface area contributed by atoms with Crippen molar-refractivity contribution in [3.05, 3.63) is 176 Å². The van der Waals surface area contributed by atoms with Gasteiger partial charge in [-0.05, 0) is 57.8 Å². The van der Waals surface area contributed by atoms with Crippen LogP contribution in [0.5, 0.6) is 0 Å². The van der Waals surface area contributed by atoms with Gasteiger partial charge in [0.05, 0.1) is 0 Å². The van der Waals surface area contributed by atoms with Crippen LogP contribution in [0.3, 0.4) is 0 Å². The van der Waals surface area contributed by atoms with E-state index in [1.54, 1.807) is 11.3 Å². The lowest BCUT2D eigenvalue weighted by molar-refractivity contribution is 0.670. The predicted octanol–water partition coefficient (Wildman–Crippen LogP) is 13.6. The van der Waals surface area contributed by atoms with Crippen molar-refractivity contribution in [3.63, 3.8) is 0 Å². The van der Waals surface area contributed by atoms with Crippen LogP contribution < -0.4 is 0 Å². The van der Waals surface area contributed by atoms with Crippen LogP contribution in [-0.4, -0.2) is 15.0 Å². The molecule has 0 bridgehead atoms. The number of para-hydroxylation sites is 1. The van der Waals surface area contributed by atoms with Gasteiger partial charge in [-0.25, -0.2) is 15.0 Å². The summed E-state index contributed by atoms with van der Waals surface area (Å²) in [5.74, 6) is 1.89. The third-order valence-corrected chi connectivity index (χ3v) is 11.5. The lowest BCUT2D eigenvalue weighted by atomic mass is 9.91. The molecule has 5 heteroatoms. The van der Waals surface area contributed by atoms with Gasteiger partial charge in [0.1, 0.15) is 11.2 Å². The maximum atomic E-state index is 6.74. The van der Waals surface area contributed by atoms with Crippen LogP contribution in [0.1, 0.15) is 0 Å². The van der Waals surface area contributed by atoms with E-state index in [0.717, 1.165) is 60.9 Å². The maximum Gasteiger partial charge on any atom is 0.164 e. The van der Waals surface area contributed by atoms with Gasteiger partial charge in [0.25, 0.3) is 0 Å². The van der Waals surface area contributed by atoms with E-state index in [-0.39, 0.29) is 0 Å². The molecule has 0 aliphatic rings. The van der Waals surface area contributed by atoms with E-state index in [1.165, 1.54) is 30.9 Å². The van der Waals surface area contributed by atoms with Gasteiger partial charge in [-0.2, -0.15) is 0 Å². The van der Waals surface area contributed by atoms with Crippen LogP contribution in [0.4, 0.5) is 0 Å². The Morgan fingerprint density at radius 1 is 0.370 bits per heavy atom. The zero-order valence-electron chi connectivity index (χ0n) is 28.9. The highest BCUT2D eigenvalue weighted by molar-refractivity contribution is 7.25. The first kappa shape index (κ1) is 30.7. The molecule has 54 heavy (non-hydrogen) atoms. The normalized spacial score (nSPS) is 11.7. The SMILES string of the molecule is c1ccc(-c2nc(-c3ccccc3-c3ccc(-c4ccc5ccccc5c4)c4oc5ccccc5c34)nc(-c3cccc4sc5ccccc5c34)n2)cc1. The number of thiophene rings is 1. The van der Waals surface area contributed by atoms with E-state index in [4.69, 9.17) is 19.4 Å². The van der Waals surface area contributed by atoms with E-state index in [9.17, 15) is 0 Å². The second kappa shape index (κ2) is 12.3. The fraction of sp³-hybridized carbons (Fsp3) is 0. The molecule has 252 valence electrons. The van der Waals surface area contributed by atoms with Gasteiger partial charge in [-0.15, -0.1) is 11.3 Å². The van der Waals surface area contributed by atoms with Crippen molar-refractivity contribution >= 4 is 64.2 Å². The number of aromatic nitrogens is 3. The van der Waals surface area contributed by atoms with Crippen LogP contribution in [0, 0.1) is 0 Å². The van der Waals surface area contributed by atoms with Crippen LogP contribution in [0.2, 0.25) is 0 Å². The van der Waals surface area contributed by atoms with Crippen molar-refractivity contribution in [1.29, 1.82) is 0 Å². The number of furan rings is 1. The Balaban J connectivity index is 1.16. The van der Waals surface area contributed by atoms with E-state index < -0.39 is 0 Å². The Labute approximate surface area is 314 Å². The summed E-state index contributed by atoms with van der Waals surface area (Å²) in [6, 6.07) is 61.4. The van der Waals surface area contributed by atoms with E-state index >= 15 is 0 Å². The summed E-state index contributed by atoms with van der Waals surface area (Å²) < 4.78 is 9.19. The lowest BCUT2D eigenvalue weighted by Crippen LogP contribution is -2.01. The number of hydrogen-bond acceptors (Lipinski definition) is 5. The van der Waals surface area contributed by atoms with E-state index in [1.807, 2.05) is 30.3 Å². The molecule has 8 aromatic carbocycles. The molecule has 0 saturated heterocycles. The molecule has 0 aliphatic carbocycles. The van der Waals surface area contributed by atoms with Crippen LogP contribution in [0.25, 0.3) is 109 Å². The molecule has 4 nitrogen and oxygen atoms in total. The molecule has 3 heterocycles. The molecule has 0 radical (unpaired) electrons. The molecule has 0 aliphatic heterocycles. The molecule has 0 unspecified atom stereocenters. The first-order valence-electron chi connectivity index (χ1n) is 18.0. The minimum absolute atomic E-state index is 0.616. The number of nitrogens with zero attached hydrogens (tertiary/aromatic N) is 3. The average Bonchev–Trinajstić information content (AvgIpc) is 3.83. The number of fused-ring (bicyclic) bond motifs is 7. The van der Waals surface area contributed by atoms with Gasteiger partial charge in [0.2, 0.25) is 0 Å². The molecule has 11 aromatic rings. The van der Waals surface area contributed by atoms with Crippen molar-refractivity contribution < 1.29 is 4.42 Å². The Hall–Kier alpha value is -6.95. The molecule has 0 spiro atoms. The minimum atomic E-state index is 0.616. The van der Waals surface area contributed by atoms with Gasteiger partial charge in [-0.1, -0.05) is 146 Å². The van der Waals surface area contributed by atoms with E-state index in [2.05, 4.69) is 146 Å². The van der Waals surface area contributed by atoms with Crippen molar-refractivity contribution in [2.75, 3.05) is 0 Å². The summed E-state index contributed by atoms with van der Waals surface area (Å²) >= 11 is 1.79. The van der Waals surface area contributed by atoms with Gasteiger partial charge >= 0.3 is 0 Å². The molecular formula is C49H29N3OS. The first-order valence-corrected chi connectivity index (χ1v) is 18.8. The summed E-state index contributed by atoms with van der Waals surface area (Å²) in [4.78, 5) is 15.7. The van der Waals surface area contributed by atoms with Crippen molar-refractivity contribution in [2.45, 2.75) is 0 Å². The van der Waals surface area contributed by atoms with Crippen molar-refractivity contribution in [2.24, 2.45) is 0 Å². The topological polar surface area (TPSA) is 51.8 Å². The number of benzene rings is 8. The van der Waals surface area contributed by atoms with Crippen LogP contribution >= 0.6 is 11.3 Å². The Kier molecular flexibility index (Phi) is 7.00. The smallest absolute Gasteiger partial charge is 0.164 e. The highest BCUT2D eigenvalue weighted by atomic mass is 32.1. The van der Waals surface area contributed by atoms with Gasteiger partial charge in [0, 0.05) is 53.2 Å². The Morgan fingerprint density at radius 2 is 1.02 bits per heavy atom. The first-order chi connectivity index (χ1) is 26.8. The molecule has 0 atom stereocenters. The summed E-state index contributed by atoms with van der Waals surface area (Å²) in [5, 5.41) is 6.91. The molecule has 0 fully saturated rings. The second-order valence-electron chi connectivity index (χ2n) is 13.5. The third-order valence-electron chi connectivity index (χ3n) is 10.4. The summed E-state index contributed by atoms with van der Waals surface area (Å²) in [6.07, 6.45) is 0. The molecule has 0 amide bonds. The quantitative estimate of drug-likeness (QED) is 0.179. The lowest BCUT2D eigenvalue weighted by Gasteiger charge is -2.14. The highest BCUT2D eigenvalue weighted by Crippen LogP contribution is 2.45. The fourth-order valence-corrected chi connectivity index (χ4v) is 8.98. The monoisotopic (exact) mass is 707 g/mol. The molecule has 3 aromatic heterocycles. The largest absolute Gasteiger partial charge is 0.455 e. The van der Waals surface area contributed by atoms with Crippen molar-refractivity contribution in [1.82, 2.24) is 15.0 Å². The highest BCUT2D eigenvalue weighted by Gasteiger charge is 2.22. The number of hydrogen-bond donors (Lipinski definition) is 0. The molecular weight excluding hydrogens is 679 g/mol. The van der Waals surface area contributed by atoms with Crippen LogP contribution in [-0.2, 0) is 0 Å². The third kappa shape index (κ3) is 4.94. The summed E-state index contributed by atoms with van der Waals surface area (Å²) in [5.41, 5.74) is 8.81. The maximum absolute atomic E-state index is 6.74. The Bertz CT molecular complexity index is 3230. The second-order valence-corrected chi connectivity index (χ2v) is 14.6. The summed E-state index contributed by atoms with van der Waals surface area (Å²) in [7, 11) is 0. The molecule has 0 N–H and O–H groups in total. The number of rotatable bonds is 5. The van der Waals surface area contributed by atoms with Gasteiger partial charge in [-0.3, -0.25) is 0 Å². The van der Waals surface area contributed by atoms with Gasteiger partial charge in [0.15, 0.2) is 17.5 Å². The van der Waals surface area contributed by atoms with E-state index in [0.29, 0.717) is 17.5 Å². The van der Waals surface area contributed by atoms with Gasteiger partial charge < -0.3 is 4.42 Å². The zero-order chi connectivity index (χ0) is 35.6. The predicted molar refractivity (Wildman–Crippen MR) is 225 cm³/mol. The fourth-order valence-electron chi connectivity index (χ4n) is 7.84. The minimum Gasteiger partial charge on any atom is -0.455 e. The standard InChI is InChI=1S/C49H29N3OS/c1-2-14-31(15-3-1)47-50-48(52-49(51-47)40-21-12-24-43-44(40)39-20-9-11-23-42(39)54-43)37-18-7-6-17-35(37)36-28-27-34(33-26-25-30-13-4-5-16-32(30)29-33)46-45(36)38-19-8-10-22-41(38)53-46/h1-29H. The van der Waals surface area contributed by atoms with Crippen molar-refractivity contribution in [3.8, 4) is 56.4 Å².